The van der Waals surface area contributed by atoms with Crippen molar-refractivity contribution in [3.8, 4) is 0 Å². The van der Waals surface area contributed by atoms with Crippen LogP contribution in [0, 0.1) is 0 Å². The maximum Gasteiger partial charge on any atom is 0.261 e. The lowest BCUT2D eigenvalue weighted by molar-refractivity contribution is 0.0953. The van der Waals surface area contributed by atoms with Gasteiger partial charge in [0.15, 0.2) is 0 Å². The van der Waals surface area contributed by atoms with Gasteiger partial charge < -0.3 is 5.32 Å². The Bertz CT molecular complexity index is 672. The number of hydrogen-bond donors (Lipinski definition) is 1. The smallest absolute Gasteiger partial charge is 0.261 e. The first-order chi connectivity index (χ1) is 10.2. The van der Waals surface area contributed by atoms with E-state index < -0.39 is 0 Å². The Balaban J connectivity index is 1.72. The number of rotatable bonds is 5. The van der Waals surface area contributed by atoms with Crippen LogP contribution in [-0.2, 0) is 0 Å². The van der Waals surface area contributed by atoms with Gasteiger partial charge in [-0.1, -0.05) is 6.07 Å². The molecule has 0 radical (unpaired) electrons. The Hall–Kier alpha value is -1.44. The third-order valence-electron chi connectivity index (χ3n) is 2.96. The van der Waals surface area contributed by atoms with Gasteiger partial charge in [-0.15, -0.1) is 22.7 Å². The van der Waals surface area contributed by atoms with Crippen molar-refractivity contribution in [3.63, 3.8) is 0 Å². The van der Waals surface area contributed by atoms with E-state index in [1.165, 1.54) is 16.2 Å². The van der Waals surface area contributed by atoms with Crippen molar-refractivity contribution in [1.29, 1.82) is 0 Å². The third-order valence-corrected chi connectivity index (χ3v) is 5.63. The Morgan fingerprint density at radius 1 is 1.43 bits per heavy atom. The normalized spacial score (nSPS) is 12.2. The van der Waals surface area contributed by atoms with E-state index in [1.54, 1.807) is 17.5 Å². The Kier molecular flexibility index (Phi) is 4.52. The molecule has 0 aliphatic rings. The molecule has 3 heterocycles. The molecule has 0 unspecified atom stereocenters. The first-order valence-corrected chi connectivity index (χ1v) is 8.84. The summed E-state index contributed by atoms with van der Waals surface area (Å²) in [7, 11) is 0. The molecule has 0 aliphatic carbocycles. The van der Waals surface area contributed by atoms with Crippen LogP contribution in [0.4, 0.5) is 0 Å². The van der Waals surface area contributed by atoms with Crippen LogP contribution in [0.25, 0.3) is 0 Å². The van der Waals surface area contributed by atoms with E-state index in [9.17, 15) is 4.79 Å². The first kappa shape index (κ1) is 14.5. The second kappa shape index (κ2) is 6.55. The number of aromatic nitrogens is 2. The van der Waals surface area contributed by atoms with Crippen molar-refractivity contribution >= 4 is 44.5 Å². The average Bonchev–Trinajstić information content (AvgIpc) is 3.21. The van der Waals surface area contributed by atoms with Gasteiger partial charge in [0, 0.05) is 33.7 Å². The van der Waals surface area contributed by atoms with Gasteiger partial charge in [0.2, 0.25) is 0 Å². The summed E-state index contributed by atoms with van der Waals surface area (Å²) in [6, 6.07) is 7.80. The third kappa shape index (κ3) is 3.42. The van der Waals surface area contributed by atoms with Gasteiger partial charge in [-0.2, -0.15) is 5.10 Å². The zero-order valence-electron chi connectivity index (χ0n) is 10.9. The summed E-state index contributed by atoms with van der Waals surface area (Å²) in [4.78, 5) is 14.0. The molecular formula is C14H12BrN3OS2. The van der Waals surface area contributed by atoms with Gasteiger partial charge in [0.25, 0.3) is 5.91 Å². The molecule has 21 heavy (non-hydrogen) atoms. The van der Waals surface area contributed by atoms with E-state index in [0.29, 0.717) is 11.4 Å². The largest absolute Gasteiger partial charge is 0.349 e. The predicted octanol–water partition coefficient (Wildman–Crippen LogP) is 3.79. The Labute approximate surface area is 138 Å². The van der Waals surface area contributed by atoms with E-state index in [4.69, 9.17) is 0 Å². The van der Waals surface area contributed by atoms with Gasteiger partial charge in [0.1, 0.15) is 6.04 Å². The van der Waals surface area contributed by atoms with Crippen molar-refractivity contribution in [2.24, 2.45) is 0 Å². The molecule has 0 bridgehead atoms. The molecule has 108 valence electrons. The molecular weight excluding hydrogens is 370 g/mol. The summed E-state index contributed by atoms with van der Waals surface area (Å²) in [5.41, 5.74) is 0. The Morgan fingerprint density at radius 2 is 2.33 bits per heavy atom. The molecule has 0 spiro atoms. The second-order valence-corrected chi connectivity index (χ2v) is 7.16. The molecule has 1 amide bonds. The zero-order chi connectivity index (χ0) is 14.7. The van der Waals surface area contributed by atoms with Crippen LogP contribution in [0.2, 0.25) is 0 Å². The lowest BCUT2D eigenvalue weighted by Crippen LogP contribution is -2.30. The molecule has 0 fully saturated rings. The number of hydrogen-bond acceptors (Lipinski definition) is 4. The van der Waals surface area contributed by atoms with Gasteiger partial charge >= 0.3 is 0 Å². The van der Waals surface area contributed by atoms with Crippen molar-refractivity contribution in [2.75, 3.05) is 6.54 Å². The van der Waals surface area contributed by atoms with E-state index in [-0.39, 0.29) is 11.9 Å². The summed E-state index contributed by atoms with van der Waals surface area (Å²) in [6.45, 7) is 0.510. The molecule has 1 N–H and O–H groups in total. The quantitative estimate of drug-likeness (QED) is 0.730. The van der Waals surface area contributed by atoms with E-state index >= 15 is 0 Å². The van der Waals surface area contributed by atoms with Crippen molar-refractivity contribution in [2.45, 2.75) is 6.04 Å². The molecule has 3 rings (SSSR count). The molecule has 0 aromatic carbocycles. The summed E-state index contributed by atoms with van der Waals surface area (Å²) < 4.78 is 2.80. The highest BCUT2D eigenvalue weighted by Gasteiger charge is 2.17. The highest BCUT2D eigenvalue weighted by Crippen LogP contribution is 2.23. The minimum absolute atomic E-state index is 0.0207. The van der Waals surface area contributed by atoms with Crippen LogP contribution in [0.5, 0.6) is 0 Å². The lowest BCUT2D eigenvalue weighted by atomic mass is 10.2. The van der Waals surface area contributed by atoms with Gasteiger partial charge in [0.05, 0.1) is 4.88 Å². The van der Waals surface area contributed by atoms with Crippen LogP contribution in [-0.4, -0.2) is 22.2 Å². The molecule has 3 aromatic heterocycles. The van der Waals surface area contributed by atoms with Crippen molar-refractivity contribution < 1.29 is 4.79 Å². The molecule has 0 saturated carbocycles. The topological polar surface area (TPSA) is 46.9 Å². The Morgan fingerprint density at radius 3 is 2.95 bits per heavy atom. The van der Waals surface area contributed by atoms with Crippen LogP contribution in [0.1, 0.15) is 20.6 Å². The maximum atomic E-state index is 12.2. The molecule has 1 atom stereocenters. The first-order valence-electron chi connectivity index (χ1n) is 6.29. The minimum atomic E-state index is -0.0561. The molecule has 7 heteroatoms. The summed E-state index contributed by atoms with van der Waals surface area (Å²) in [6.07, 6.45) is 3.66. The number of nitrogens with one attached hydrogen (secondary N) is 1. The fraction of sp³-hybridized carbons (Fsp3) is 0.143. The molecule has 3 aromatic rings. The van der Waals surface area contributed by atoms with E-state index in [0.717, 1.165) is 4.47 Å². The fourth-order valence-corrected chi connectivity index (χ4v) is 4.14. The van der Waals surface area contributed by atoms with Gasteiger partial charge in [-0.25, -0.2) is 0 Å². The number of carbonyl (C=O) groups is 1. The maximum absolute atomic E-state index is 12.2. The highest BCUT2D eigenvalue weighted by atomic mass is 79.9. The average molecular weight is 382 g/mol. The van der Waals surface area contributed by atoms with E-state index in [2.05, 4.69) is 32.4 Å². The molecule has 0 aliphatic heterocycles. The number of carbonyl (C=O) groups excluding carboxylic acids is 1. The van der Waals surface area contributed by atoms with Gasteiger partial charge in [-0.3, -0.25) is 9.48 Å². The van der Waals surface area contributed by atoms with Gasteiger partial charge in [-0.05, 0) is 39.5 Å². The fourth-order valence-electron chi connectivity index (χ4n) is 1.98. The van der Waals surface area contributed by atoms with Crippen LogP contribution >= 0.6 is 38.6 Å². The van der Waals surface area contributed by atoms with Crippen LogP contribution in [0.15, 0.2) is 51.9 Å². The summed E-state index contributed by atoms with van der Waals surface area (Å²) in [5.74, 6) is -0.0561. The number of halogens is 1. The second-order valence-electron chi connectivity index (χ2n) is 4.36. The molecule has 0 saturated heterocycles. The lowest BCUT2D eigenvalue weighted by Gasteiger charge is -2.16. The molecule has 4 nitrogen and oxygen atoms in total. The monoisotopic (exact) mass is 381 g/mol. The highest BCUT2D eigenvalue weighted by molar-refractivity contribution is 9.10. The predicted molar refractivity (Wildman–Crippen MR) is 89.0 cm³/mol. The number of thiophene rings is 2. The SMILES string of the molecule is O=C(NC[C@H](c1cccs1)n1cccn1)c1cc(Br)cs1. The van der Waals surface area contributed by atoms with Crippen molar-refractivity contribution in [3.05, 3.63) is 61.6 Å². The number of amides is 1. The van der Waals surface area contributed by atoms with Crippen LogP contribution < -0.4 is 5.32 Å². The standard InChI is InChI=1S/C14H12BrN3OS2/c15-10-7-13(21-9-10)14(19)16-8-11(12-3-1-6-20-12)18-5-2-4-17-18/h1-7,9,11H,8H2,(H,16,19)/t11-/m1/s1. The number of nitrogens with zero attached hydrogens (tertiary/aromatic N) is 2. The van der Waals surface area contributed by atoms with Crippen LogP contribution in [0.3, 0.4) is 0 Å². The van der Waals surface area contributed by atoms with E-state index in [1.807, 2.05) is 39.8 Å². The van der Waals surface area contributed by atoms with Crippen molar-refractivity contribution in [1.82, 2.24) is 15.1 Å². The zero-order valence-corrected chi connectivity index (χ0v) is 14.1. The minimum Gasteiger partial charge on any atom is -0.349 e. The summed E-state index contributed by atoms with van der Waals surface area (Å²) in [5, 5.41) is 11.2. The summed E-state index contributed by atoms with van der Waals surface area (Å²) >= 11 is 6.45.